The van der Waals surface area contributed by atoms with Crippen molar-refractivity contribution in [1.82, 2.24) is 0 Å². The number of nitro benzene ring substituents is 1. The van der Waals surface area contributed by atoms with Crippen LogP contribution in [-0.2, 0) is 19.5 Å². The molecule has 0 aliphatic carbocycles. The first-order valence-electron chi connectivity index (χ1n) is 3.50. The zero-order valence-corrected chi connectivity index (χ0v) is 11.4. The van der Waals surface area contributed by atoms with Gasteiger partial charge in [0.25, 0.3) is 5.69 Å². The number of nitro groups is 1. The van der Waals surface area contributed by atoms with Gasteiger partial charge in [-0.2, -0.15) is 0 Å². The number of rotatable bonds is 2. The van der Waals surface area contributed by atoms with Crippen LogP contribution in [0.3, 0.4) is 0 Å². The fraction of sp³-hybridized carbons (Fsp3) is 0.125. The van der Waals surface area contributed by atoms with Crippen LogP contribution in [0.4, 0.5) is 5.69 Å². The fourth-order valence-corrected chi connectivity index (χ4v) is 1.11. The molecule has 0 aromatic heterocycles. The van der Waals surface area contributed by atoms with Crippen LogP contribution in [0.1, 0.15) is 17.3 Å². The molecule has 0 heterocycles. The van der Waals surface area contributed by atoms with Gasteiger partial charge in [-0.1, -0.05) is 0 Å². The third-order valence-corrected chi connectivity index (χ3v) is 1.96. The number of Topliss-reactive ketones (excluding diaryl/α,β-unsaturated/α-hetero) is 1. The molecule has 0 unspecified atom stereocenters. The Morgan fingerprint density at radius 2 is 2.07 bits per heavy atom. The summed E-state index contributed by atoms with van der Waals surface area (Å²) >= 11 is 3.90. The van der Waals surface area contributed by atoms with Crippen molar-refractivity contribution in [2.75, 3.05) is 0 Å². The Balaban J connectivity index is 0.00000169. The average Bonchev–Trinajstić information content (AvgIpc) is 2.04. The number of carbonyl (C=O) groups excluding carboxylic acids is 1. The molecule has 4 nitrogen and oxygen atoms in total. The van der Waals surface area contributed by atoms with E-state index in [1.807, 2.05) is 0 Å². The maximum Gasteiger partial charge on any atom is 2.00 e. The van der Waals surface area contributed by atoms with Crippen LogP contribution in [0.25, 0.3) is 0 Å². The number of thiol groups is 1. The Labute approximate surface area is 99.0 Å². The molecule has 0 radical (unpaired) electrons. The monoisotopic (exact) mass is 261 g/mol. The summed E-state index contributed by atoms with van der Waals surface area (Å²) < 4.78 is 0. The number of nitrogens with zero attached hydrogens (tertiary/aromatic N) is 1. The van der Waals surface area contributed by atoms with E-state index in [0.717, 1.165) is 0 Å². The quantitative estimate of drug-likeness (QED) is 0.292. The van der Waals surface area contributed by atoms with Gasteiger partial charge in [0.15, 0.2) is 5.78 Å². The van der Waals surface area contributed by atoms with Gasteiger partial charge in [0.05, 0.1) is 9.82 Å². The van der Waals surface area contributed by atoms with Crippen molar-refractivity contribution < 1.29 is 29.2 Å². The van der Waals surface area contributed by atoms with Crippen LogP contribution in [-0.4, -0.2) is 10.7 Å². The molecule has 0 amide bonds. The van der Waals surface area contributed by atoms with Crippen molar-refractivity contribution in [3.63, 3.8) is 0 Å². The summed E-state index contributed by atoms with van der Waals surface area (Å²) in [6.07, 6.45) is 0. The van der Waals surface area contributed by atoms with Gasteiger partial charge in [0.1, 0.15) is 0 Å². The molecule has 1 rings (SSSR count). The van der Waals surface area contributed by atoms with E-state index in [-0.39, 0.29) is 35.8 Å². The number of ketones is 1. The molecule has 0 N–H and O–H groups in total. The minimum atomic E-state index is -0.561. The molecule has 0 spiro atoms. The second-order valence-electron chi connectivity index (χ2n) is 2.52. The topological polar surface area (TPSA) is 60.2 Å². The minimum absolute atomic E-state index is 0. The van der Waals surface area contributed by atoms with Gasteiger partial charge >= 0.3 is 19.5 Å². The van der Waals surface area contributed by atoms with E-state index < -0.39 is 4.92 Å². The molecule has 0 saturated carbocycles. The molecule has 0 saturated heterocycles. The molecule has 0 bridgehead atoms. The number of hydrogen-bond donors (Lipinski definition) is 1. The predicted molar refractivity (Wildman–Crippen MR) is 50.4 cm³/mol. The van der Waals surface area contributed by atoms with E-state index in [4.69, 9.17) is 0 Å². The van der Waals surface area contributed by atoms with Crippen molar-refractivity contribution in [3.05, 3.63) is 33.9 Å². The summed E-state index contributed by atoms with van der Waals surface area (Å²) in [7, 11) is 0. The van der Waals surface area contributed by atoms with Gasteiger partial charge < -0.3 is 0 Å². The summed E-state index contributed by atoms with van der Waals surface area (Å²) in [5.74, 6) is -0.198. The minimum Gasteiger partial charge on any atom is -0.295 e. The van der Waals surface area contributed by atoms with E-state index in [9.17, 15) is 14.9 Å². The first-order chi connectivity index (χ1) is 6.02. The van der Waals surface area contributed by atoms with Gasteiger partial charge in [-0.25, -0.2) is 0 Å². The normalized spacial score (nSPS) is 9.00. The van der Waals surface area contributed by atoms with Gasteiger partial charge in [-0.05, 0) is 19.1 Å². The van der Waals surface area contributed by atoms with Crippen LogP contribution in [0.15, 0.2) is 23.1 Å². The molecule has 0 atom stereocenters. The van der Waals surface area contributed by atoms with Crippen LogP contribution in [0, 0.1) is 10.1 Å². The van der Waals surface area contributed by atoms with Crippen molar-refractivity contribution in [2.45, 2.75) is 11.8 Å². The summed E-state index contributed by atoms with van der Waals surface area (Å²) in [4.78, 5) is 21.0. The van der Waals surface area contributed by atoms with Gasteiger partial charge in [-0.3, -0.25) is 14.9 Å². The molecule has 0 aliphatic heterocycles. The van der Waals surface area contributed by atoms with E-state index >= 15 is 0 Å². The maximum absolute atomic E-state index is 10.9. The van der Waals surface area contributed by atoms with Crippen molar-refractivity contribution >= 4 is 24.1 Å². The second kappa shape index (κ2) is 5.22. The van der Waals surface area contributed by atoms with E-state index in [1.165, 1.54) is 25.1 Å². The third-order valence-electron chi connectivity index (χ3n) is 1.58. The molecule has 0 fully saturated rings. The fourth-order valence-electron chi connectivity index (χ4n) is 0.889. The first-order valence-corrected chi connectivity index (χ1v) is 3.95. The number of carbonyl (C=O) groups is 1. The first kappa shape index (κ1) is 13.3. The molecule has 1 aromatic rings. The summed E-state index contributed by atoms with van der Waals surface area (Å²) in [5.41, 5.74) is 0.181. The SMILES string of the molecule is CC(=O)c1ccc(S)c([N+](=O)[O-])c1.[Zn+2]. The molecule has 14 heavy (non-hydrogen) atoms. The summed E-state index contributed by atoms with van der Waals surface area (Å²) in [6.45, 7) is 1.36. The zero-order valence-electron chi connectivity index (χ0n) is 7.56. The maximum atomic E-state index is 10.9. The average molecular weight is 263 g/mol. The Bertz CT molecular complexity index is 381. The predicted octanol–water partition coefficient (Wildman–Crippen LogP) is 2.08. The summed E-state index contributed by atoms with van der Waals surface area (Å²) in [6, 6.07) is 4.18. The molecular weight excluding hydrogens is 256 g/mol. The van der Waals surface area contributed by atoms with Crippen LogP contribution in [0.2, 0.25) is 0 Å². The van der Waals surface area contributed by atoms with E-state index in [0.29, 0.717) is 5.56 Å². The van der Waals surface area contributed by atoms with Gasteiger partial charge in [0, 0.05) is 11.6 Å². The Morgan fingerprint density at radius 3 is 2.50 bits per heavy atom. The molecular formula is C8H7NO3SZn+2. The van der Waals surface area contributed by atoms with Gasteiger partial charge in [-0.15, -0.1) is 12.6 Å². The Kier molecular flexibility index (Phi) is 4.95. The molecule has 6 heteroatoms. The molecule has 1 aromatic carbocycles. The van der Waals surface area contributed by atoms with Crippen molar-refractivity contribution in [1.29, 1.82) is 0 Å². The second-order valence-corrected chi connectivity index (χ2v) is 3.00. The van der Waals surface area contributed by atoms with Crippen molar-refractivity contribution in [3.8, 4) is 0 Å². The van der Waals surface area contributed by atoms with E-state index in [1.54, 1.807) is 0 Å². The van der Waals surface area contributed by atoms with Crippen molar-refractivity contribution in [2.24, 2.45) is 0 Å². The van der Waals surface area contributed by atoms with Crippen LogP contribution in [0.5, 0.6) is 0 Å². The molecule has 0 aliphatic rings. The van der Waals surface area contributed by atoms with Gasteiger partial charge in [0.2, 0.25) is 0 Å². The number of hydrogen-bond acceptors (Lipinski definition) is 4. The van der Waals surface area contributed by atoms with Crippen LogP contribution < -0.4 is 0 Å². The van der Waals surface area contributed by atoms with Crippen LogP contribution >= 0.6 is 12.6 Å². The Morgan fingerprint density at radius 1 is 1.50 bits per heavy atom. The summed E-state index contributed by atoms with van der Waals surface area (Å²) in [5, 5.41) is 10.4. The largest absolute Gasteiger partial charge is 2.00 e. The zero-order chi connectivity index (χ0) is 10.0. The Hall–Kier alpha value is -0.737. The smallest absolute Gasteiger partial charge is 0.295 e. The number of benzene rings is 1. The standard InChI is InChI=1S/C8H7NO3S.Zn/c1-5(10)6-2-3-8(13)7(4-6)9(11)12;/h2-4,13H,1H3;/q;+2. The third kappa shape index (κ3) is 2.89. The van der Waals surface area contributed by atoms with E-state index in [2.05, 4.69) is 12.6 Å². The molecule has 68 valence electrons.